The van der Waals surface area contributed by atoms with Crippen LogP contribution in [0.25, 0.3) is 0 Å². The molecule has 8 heteroatoms. The highest BCUT2D eigenvalue weighted by atomic mass is 127. The van der Waals surface area contributed by atoms with Crippen LogP contribution in [0.15, 0.2) is 4.99 Å². The Balaban J connectivity index is 0.00000441. The molecule has 7 nitrogen and oxygen atoms in total. The molecule has 0 radical (unpaired) electrons. The Kier molecular flexibility index (Phi) is 10.1. The summed E-state index contributed by atoms with van der Waals surface area (Å²) in [7, 11) is 5.22. The standard InChI is InChI=1S/C14H27N5O2.HI/c1-16-14(17-7-6-13(21)18(2)3)19-8-4-5-11(10-19)9-12(15)20;/h11H,4-10H2,1-3H3,(H2,15,20)(H,16,17);1H. The number of piperidine rings is 1. The Morgan fingerprint density at radius 2 is 2.09 bits per heavy atom. The largest absolute Gasteiger partial charge is 0.370 e. The second-order valence-electron chi connectivity index (χ2n) is 5.64. The molecule has 0 bridgehead atoms. The lowest BCUT2D eigenvalue weighted by Gasteiger charge is -2.34. The molecule has 0 saturated carbocycles. The topological polar surface area (TPSA) is 91.0 Å². The predicted octanol–water partition coefficient (Wildman–Crippen LogP) is 0.246. The van der Waals surface area contributed by atoms with E-state index in [-0.39, 0.29) is 35.8 Å². The van der Waals surface area contributed by atoms with Gasteiger partial charge in [-0.05, 0) is 18.8 Å². The first-order valence-corrected chi connectivity index (χ1v) is 7.38. The Hall–Kier alpha value is -1.06. The van der Waals surface area contributed by atoms with Crippen molar-refractivity contribution in [2.24, 2.45) is 16.6 Å². The normalized spacial score (nSPS) is 18.4. The minimum atomic E-state index is -0.249. The van der Waals surface area contributed by atoms with Crippen LogP contribution >= 0.6 is 24.0 Å². The summed E-state index contributed by atoms with van der Waals surface area (Å²) in [6.07, 6.45) is 2.90. The van der Waals surface area contributed by atoms with Crippen LogP contribution in [-0.4, -0.2) is 68.4 Å². The molecule has 0 spiro atoms. The van der Waals surface area contributed by atoms with E-state index < -0.39 is 0 Å². The summed E-state index contributed by atoms with van der Waals surface area (Å²) in [5.41, 5.74) is 5.27. The van der Waals surface area contributed by atoms with Gasteiger partial charge in [0.05, 0.1) is 0 Å². The molecule has 1 atom stereocenters. The maximum absolute atomic E-state index is 11.5. The van der Waals surface area contributed by atoms with E-state index >= 15 is 0 Å². The van der Waals surface area contributed by atoms with E-state index in [1.54, 1.807) is 26.0 Å². The Morgan fingerprint density at radius 3 is 2.64 bits per heavy atom. The molecule has 0 aromatic heterocycles. The molecule has 1 unspecified atom stereocenters. The lowest BCUT2D eigenvalue weighted by atomic mass is 9.95. The molecule has 1 aliphatic rings. The summed E-state index contributed by atoms with van der Waals surface area (Å²) in [5, 5.41) is 3.21. The molecule has 1 aliphatic heterocycles. The van der Waals surface area contributed by atoms with E-state index in [1.807, 2.05) is 0 Å². The summed E-state index contributed by atoms with van der Waals surface area (Å²) in [4.78, 5) is 30.6. The highest BCUT2D eigenvalue weighted by Gasteiger charge is 2.23. The minimum absolute atomic E-state index is 0. The van der Waals surface area contributed by atoms with Crippen molar-refractivity contribution < 1.29 is 9.59 Å². The number of amides is 2. The zero-order valence-corrected chi connectivity index (χ0v) is 16.0. The van der Waals surface area contributed by atoms with Crippen molar-refractivity contribution >= 4 is 41.8 Å². The van der Waals surface area contributed by atoms with Crippen molar-refractivity contribution in [3.63, 3.8) is 0 Å². The van der Waals surface area contributed by atoms with Gasteiger partial charge in [0.2, 0.25) is 11.8 Å². The second-order valence-corrected chi connectivity index (χ2v) is 5.64. The van der Waals surface area contributed by atoms with E-state index in [4.69, 9.17) is 5.73 Å². The van der Waals surface area contributed by atoms with Crippen LogP contribution in [0, 0.1) is 5.92 Å². The highest BCUT2D eigenvalue weighted by molar-refractivity contribution is 14.0. The maximum atomic E-state index is 11.5. The summed E-state index contributed by atoms with van der Waals surface area (Å²) in [6, 6.07) is 0. The Labute approximate surface area is 149 Å². The van der Waals surface area contributed by atoms with Crippen LogP contribution in [0.4, 0.5) is 0 Å². The van der Waals surface area contributed by atoms with Crippen LogP contribution in [0.1, 0.15) is 25.7 Å². The van der Waals surface area contributed by atoms with Crippen molar-refractivity contribution in [1.82, 2.24) is 15.1 Å². The molecule has 0 aromatic rings. The van der Waals surface area contributed by atoms with E-state index in [0.717, 1.165) is 31.9 Å². The highest BCUT2D eigenvalue weighted by Crippen LogP contribution is 2.19. The van der Waals surface area contributed by atoms with Gasteiger partial charge in [0.15, 0.2) is 5.96 Å². The van der Waals surface area contributed by atoms with Crippen molar-refractivity contribution in [3.05, 3.63) is 0 Å². The molecular formula is C14H28IN5O2. The van der Waals surface area contributed by atoms with Gasteiger partial charge in [0.1, 0.15) is 0 Å². The molecule has 0 aromatic carbocycles. The number of rotatable bonds is 5. The molecule has 3 N–H and O–H groups in total. The van der Waals surface area contributed by atoms with Crippen molar-refractivity contribution in [2.75, 3.05) is 40.8 Å². The number of nitrogens with one attached hydrogen (secondary N) is 1. The summed E-state index contributed by atoms with van der Waals surface area (Å²) in [5.74, 6) is 0.915. The van der Waals surface area contributed by atoms with E-state index in [2.05, 4.69) is 15.2 Å². The van der Waals surface area contributed by atoms with Crippen molar-refractivity contribution in [2.45, 2.75) is 25.7 Å². The quantitative estimate of drug-likeness (QED) is 0.375. The van der Waals surface area contributed by atoms with E-state index in [0.29, 0.717) is 25.3 Å². The van der Waals surface area contributed by atoms with Crippen LogP contribution in [0.5, 0.6) is 0 Å². The average molecular weight is 425 g/mol. The first kappa shape index (κ1) is 20.9. The molecule has 22 heavy (non-hydrogen) atoms. The van der Waals surface area contributed by atoms with Gasteiger partial charge in [-0.3, -0.25) is 14.6 Å². The molecule has 1 saturated heterocycles. The minimum Gasteiger partial charge on any atom is -0.370 e. The molecular weight excluding hydrogens is 397 g/mol. The molecule has 0 aliphatic carbocycles. The predicted molar refractivity (Wildman–Crippen MR) is 98.2 cm³/mol. The lowest BCUT2D eigenvalue weighted by Crippen LogP contribution is -2.47. The summed E-state index contributed by atoms with van der Waals surface area (Å²) >= 11 is 0. The third kappa shape index (κ3) is 7.28. The van der Waals surface area contributed by atoms with Gasteiger partial charge < -0.3 is 20.9 Å². The summed E-state index contributed by atoms with van der Waals surface area (Å²) in [6.45, 7) is 2.25. The number of halogens is 1. The second kappa shape index (κ2) is 10.6. The number of nitrogens with two attached hydrogens (primary N) is 1. The fraction of sp³-hybridized carbons (Fsp3) is 0.786. The van der Waals surface area contributed by atoms with Gasteiger partial charge in [0, 0.05) is 53.6 Å². The number of primary amides is 1. The molecule has 1 rings (SSSR count). The zero-order valence-electron chi connectivity index (χ0n) is 13.7. The molecule has 1 fully saturated rings. The number of likely N-dealkylation sites (tertiary alicyclic amines) is 1. The first-order chi connectivity index (χ1) is 9.93. The Morgan fingerprint density at radius 1 is 1.41 bits per heavy atom. The number of nitrogens with zero attached hydrogens (tertiary/aromatic N) is 3. The van der Waals surface area contributed by atoms with Crippen LogP contribution < -0.4 is 11.1 Å². The molecule has 1 heterocycles. The fourth-order valence-electron chi connectivity index (χ4n) is 2.55. The number of hydrogen-bond donors (Lipinski definition) is 2. The van der Waals surface area contributed by atoms with Crippen LogP contribution in [0.2, 0.25) is 0 Å². The van der Waals surface area contributed by atoms with E-state index in [9.17, 15) is 9.59 Å². The van der Waals surface area contributed by atoms with Gasteiger partial charge in [-0.2, -0.15) is 0 Å². The lowest BCUT2D eigenvalue weighted by molar-refractivity contribution is -0.128. The van der Waals surface area contributed by atoms with Gasteiger partial charge in [0.25, 0.3) is 0 Å². The first-order valence-electron chi connectivity index (χ1n) is 7.38. The third-order valence-electron chi connectivity index (χ3n) is 3.64. The van der Waals surface area contributed by atoms with Crippen molar-refractivity contribution in [3.8, 4) is 0 Å². The zero-order chi connectivity index (χ0) is 15.8. The number of aliphatic imine (C=N–C) groups is 1. The summed E-state index contributed by atoms with van der Waals surface area (Å²) < 4.78 is 0. The van der Waals surface area contributed by atoms with Gasteiger partial charge >= 0.3 is 0 Å². The number of carbonyl (C=O) groups is 2. The number of carbonyl (C=O) groups excluding carboxylic acids is 2. The van der Waals surface area contributed by atoms with Gasteiger partial charge in [-0.25, -0.2) is 0 Å². The number of hydrogen-bond acceptors (Lipinski definition) is 3. The van der Waals surface area contributed by atoms with Gasteiger partial charge in [-0.15, -0.1) is 24.0 Å². The van der Waals surface area contributed by atoms with E-state index in [1.165, 1.54) is 0 Å². The van der Waals surface area contributed by atoms with Crippen LogP contribution in [-0.2, 0) is 9.59 Å². The smallest absolute Gasteiger partial charge is 0.223 e. The fourth-order valence-corrected chi connectivity index (χ4v) is 2.55. The SMILES string of the molecule is CN=C(NCCC(=O)N(C)C)N1CCCC(CC(N)=O)C1.I. The van der Waals surface area contributed by atoms with Crippen molar-refractivity contribution in [1.29, 1.82) is 0 Å². The number of guanidine groups is 1. The Bertz CT molecular complexity index is 401. The van der Waals surface area contributed by atoms with Crippen LogP contribution in [0.3, 0.4) is 0 Å². The molecule has 128 valence electrons. The average Bonchev–Trinajstić information content (AvgIpc) is 2.42. The monoisotopic (exact) mass is 425 g/mol. The third-order valence-corrected chi connectivity index (χ3v) is 3.64. The molecule has 2 amide bonds. The van der Waals surface area contributed by atoms with Gasteiger partial charge in [-0.1, -0.05) is 0 Å². The maximum Gasteiger partial charge on any atom is 0.223 e.